The normalized spacial score (nSPS) is 10.2. The van der Waals surface area contributed by atoms with E-state index in [1.165, 1.54) is 31.3 Å². The third kappa shape index (κ3) is 2.28. The first kappa shape index (κ1) is 15.2. The number of carboxylic acid groups (broad SMARTS) is 2. The van der Waals surface area contributed by atoms with Crippen molar-refractivity contribution in [3.05, 3.63) is 46.5 Å². The number of hydrogen-bond acceptors (Lipinski definition) is 4. The molecule has 2 aromatic carbocycles. The number of aldehydes is 1. The maximum absolute atomic E-state index is 11.9. The van der Waals surface area contributed by atoms with Crippen molar-refractivity contribution >= 4 is 34.9 Å². The van der Waals surface area contributed by atoms with Gasteiger partial charge >= 0.3 is 11.9 Å². The van der Waals surface area contributed by atoms with Gasteiger partial charge in [-0.25, -0.2) is 9.59 Å². The lowest BCUT2D eigenvalue weighted by Gasteiger charge is -2.12. The Labute approximate surface area is 124 Å². The van der Waals surface area contributed by atoms with E-state index in [9.17, 15) is 29.4 Å². The largest absolute Gasteiger partial charge is 0.478 e. The minimum Gasteiger partial charge on any atom is -0.478 e. The second-order valence-electron chi connectivity index (χ2n) is 4.42. The smallest absolute Gasteiger partial charge is 0.336 e. The molecule has 0 spiro atoms. The molecule has 22 heavy (non-hydrogen) atoms. The molecule has 2 rings (SSSR count). The summed E-state index contributed by atoms with van der Waals surface area (Å²) in [6.07, 6.45) is 0.425. The van der Waals surface area contributed by atoms with Crippen molar-refractivity contribution in [1.82, 2.24) is 5.32 Å². The van der Waals surface area contributed by atoms with Crippen LogP contribution in [0.15, 0.2) is 24.3 Å². The summed E-state index contributed by atoms with van der Waals surface area (Å²) in [5, 5.41) is 20.8. The number of hydrogen-bond donors (Lipinski definition) is 3. The van der Waals surface area contributed by atoms with E-state index >= 15 is 0 Å². The molecule has 112 valence electrons. The molecule has 7 nitrogen and oxygen atoms in total. The Hall–Kier alpha value is -3.22. The molecular formula is C15H11NO6. The number of carbonyl (C=O) groups is 4. The van der Waals surface area contributed by atoms with Crippen LogP contribution < -0.4 is 5.32 Å². The Morgan fingerprint density at radius 1 is 0.909 bits per heavy atom. The fourth-order valence-electron chi connectivity index (χ4n) is 2.30. The highest BCUT2D eigenvalue weighted by Gasteiger charge is 2.22. The SMILES string of the molecule is CNC(=O)c1ccc(C(=O)O)c2c(C=O)ccc(C(=O)O)c12. The topological polar surface area (TPSA) is 121 Å². The van der Waals surface area contributed by atoms with Gasteiger partial charge in [0, 0.05) is 28.9 Å². The van der Waals surface area contributed by atoms with E-state index in [2.05, 4.69) is 5.32 Å². The summed E-state index contributed by atoms with van der Waals surface area (Å²) in [5.74, 6) is -3.22. The molecule has 3 N–H and O–H groups in total. The summed E-state index contributed by atoms with van der Waals surface area (Å²) in [6, 6.07) is 4.80. The van der Waals surface area contributed by atoms with Gasteiger partial charge in [-0.15, -0.1) is 0 Å². The molecule has 1 amide bonds. The number of rotatable bonds is 4. The van der Waals surface area contributed by atoms with Crippen LogP contribution in [0.2, 0.25) is 0 Å². The van der Waals surface area contributed by atoms with E-state index < -0.39 is 17.8 Å². The van der Waals surface area contributed by atoms with Crippen molar-refractivity contribution in [2.24, 2.45) is 0 Å². The summed E-state index contributed by atoms with van der Waals surface area (Å²) in [4.78, 5) is 45.9. The molecule has 0 bridgehead atoms. The molecule has 0 saturated heterocycles. The van der Waals surface area contributed by atoms with Crippen molar-refractivity contribution in [3.8, 4) is 0 Å². The second-order valence-corrected chi connectivity index (χ2v) is 4.42. The molecule has 0 fully saturated rings. The highest BCUT2D eigenvalue weighted by atomic mass is 16.4. The van der Waals surface area contributed by atoms with Crippen LogP contribution in [0.3, 0.4) is 0 Å². The third-order valence-corrected chi connectivity index (χ3v) is 3.25. The van der Waals surface area contributed by atoms with Crippen LogP contribution in [0.25, 0.3) is 10.8 Å². The molecule has 0 heterocycles. The van der Waals surface area contributed by atoms with Crippen molar-refractivity contribution in [2.45, 2.75) is 0 Å². The fraction of sp³-hybridized carbons (Fsp3) is 0.0667. The highest BCUT2D eigenvalue weighted by molar-refractivity contribution is 6.21. The maximum atomic E-state index is 11.9. The van der Waals surface area contributed by atoms with E-state index in [0.717, 1.165) is 0 Å². The molecule has 0 radical (unpaired) electrons. The molecule has 0 aromatic heterocycles. The van der Waals surface area contributed by atoms with Gasteiger partial charge in [-0.3, -0.25) is 9.59 Å². The summed E-state index contributed by atoms with van der Waals surface area (Å²) >= 11 is 0. The van der Waals surface area contributed by atoms with Gasteiger partial charge in [0.15, 0.2) is 6.29 Å². The standard InChI is InChI=1S/C15H11NO6/c1-16-13(18)8-4-5-9(14(19)20)11-7(6-17)2-3-10(12(8)11)15(21)22/h2-6H,1H3,(H,16,18)(H,19,20)(H,21,22). The Bertz CT molecular complexity index is 824. The molecule has 0 aliphatic heterocycles. The van der Waals surface area contributed by atoms with Crippen LogP contribution in [0.1, 0.15) is 41.4 Å². The van der Waals surface area contributed by atoms with Crippen LogP contribution in [0.5, 0.6) is 0 Å². The summed E-state index contributed by atoms with van der Waals surface area (Å²) < 4.78 is 0. The number of amides is 1. The van der Waals surface area contributed by atoms with E-state index in [-0.39, 0.29) is 33.0 Å². The zero-order valence-electron chi connectivity index (χ0n) is 11.4. The van der Waals surface area contributed by atoms with E-state index in [1.54, 1.807) is 0 Å². The van der Waals surface area contributed by atoms with Crippen LogP contribution in [0, 0.1) is 0 Å². The highest BCUT2D eigenvalue weighted by Crippen LogP contribution is 2.29. The predicted octanol–water partition coefficient (Wildman–Crippen LogP) is 1.41. The molecule has 2 aromatic rings. The van der Waals surface area contributed by atoms with Gasteiger partial charge in [-0.1, -0.05) is 6.07 Å². The molecule has 7 heteroatoms. The van der Waals surface area contributed by atoms with Crippen LogP contribution >= 0.6 is 0 Å². The third-order valence-electron chi connectivity index (χ3n) is 3.25. The van der Waals surface area contributed by atoms with Crippen molar-refractivity contribution < 1.29 is 29.4 Å². The van der Waals surface area contributed by atoms with Crippen molar-refractivity contribution in [3.63, 3.8) is 0 Å². The van der Waals surface area contributed by atoms with E-state index in [1.807, 2.05) is 0 Å². The average molecular weight is 301 g/mol. The average Bonchev–Trinajstić information content (AvgIpc) is 2.51. The Balaban J connectivity index is 3.11. The van der Waals surface area contributed by atoms with Crippen LogP contribution in [0.4, 0.5) is 0 Å². The minimum absolute atomic E-state index is 0.00292. The quantitative estimate of drug-likeness (QED) is 0.734. The first-order valence-electron chi connectivity index (χ1n) is 6.16. The summed E-state index contributed by atoms with van der Waals surface area (Å²) in [5.41, 5.74) is -0.498. The van der Waals surface area contributed by atoms with Gasteiger partial charge in [0.25, 0.3) is 5.91 Å². The van der Waals surface area contributed by atoms with Crippen LogP contribution in [-0.4, -0.2) is 41.4 Å². The maximum Gasteiger partial charge on any atom is 0.336 e. The van der Waals surface area contributed by atoms with Gasteiger partial charge in [0.05, 0.1) is 11.1 Å². The van der Waals surface area contributed by atoms with E-state index in [4.69, 9.17) is 0 Å². The van der Waals surface area contributed by atoms with Crippen molar-refractivity contribution in [2.75, 3.05) is 7.05 Å². The number of carbonyl (C=O) groups excluding carboxylic acids is 2. The Morgan fingerprint density at radius 2 is 1.41 bits per heavy atom. The van der Waals surface area contributed by atoms with Crippen LogP contribution in [-0.2, 0) is 0 Å². The second kappa shape index (κ2) is 5.65. The molecule has 0 unspecified atom stereocenters. The van der Waals surface area contributed by atoms with Gasteiger partial charge in [0.2, 0.25) is 0 Å². The molecule has 0 saturated carbocycles. The molecule has 0 aliphatic rings. The van der Waals surface area contributed by atoms with Crippen molar-refractivity contribution in [1.29, 1.82) is 0 Å². The lowest BCUT2D eigenvalue weighted by Crippen LogP contribution is -2.19. The summed E-state index contributed by atoms with van der Waals surface area (Å²) in [6.45, 7) is 0. The lowest BCUT2D eigenvalue weighted by atomic mass is 9.91. The zero-order chi connectivity index (χ0) is 16.4. The Kier molecular flexibility index (Phi) is 3.89. The first-order chi connectivity index (χ1) is 10.4. The zero-order valence-corrected chi connectivity index (χ0v) is 11.4. The van der Waals surface area contributed by atoms with Gasteiger partial charge in [0.1, 0.15) is 0 Å². The molecule has 0 atom stereocenters. The number of nitrogens with one attached hydrogen (secondary N) is 1. The fourth-order valence-corrected chi connectivity index (χ4v) is 2.30. The monoisotopic (exact) mass is 301 g/mol. The van der Waals surface area contributed by atoms with Gasteiger partial charge in [-0.05, 0) is 18.2 Å². The van der Waals surface area contributed by atoms with Gasteiger partial charge in [-0.2, -0.15) is 0 Å². The molecular weight excluding hydrogens is 290 g/mol. The minimum atomic E-state index is -1.32. The Morgan fingerprint density at radius 3 is 1.91 bits per heavy atom. The number of benzene rings is 2. The lowest BCUT2D eigenvalue weighted by molar-refractivity contribution is 0.0686. The number of fused-ring (bicyclic) bond motifs is 1. The molecule has 0 aliphatic carbocycles. The number of carboxylic acids is 2. The summed E-state index contributed by atoms with van der Waals surface area (Å²) in [7, 11) is 1.36. The van der Waals surface area contributed by atoms with E-state index in [0.29, 0.717) is 6.29 Å². The predicted molar refractivity (Wildman–Crippen MR) is 76.6 cm³/mol. The first-order valence-corrected chi connectivity index (χ1v) is 6.16. The number of aromatic carboxylic acids is 2. The van der Waals surface area contributed by atoms with Gasteiger partial charge < -0.3 is 15.5 Å².